The van der Waals surface area contributed by atoms with E-state index in [9.17, 15) is 10.2 Å². The predicted octanol–water partition coefficient (Wildman–Crippen LogP) is 1.73. The lowest BCUT2D eigenvalue weighted by Crippen LogP contribution is -2.32. The summed E-state index contributed by atoms with van der Waals surface area (Å²) in [5.74, 6) is 1.16. The van der Waals surface area contributed by atoms with Crippen molar-refractivity contribution in [2.24, 2.45) is 0 Å². The smallest absolute Gasteiger partial charge is 0.225 e. The summed E-state index contributed by atoms with van der Waals surface area (Å²) in [7, 11) is 3.19. The molecule has 3 rings (SSSR count). The maximum Gasteiger partial charge on any atom is 0.225 e. The second-order valence-electron chi connectivity index (χ2n) is 5.91. The lowest BCUT2D eigenvalue weighted by molar-refractivity contribution is 0.115. The number of aryl methyl sites for hydroxylation is 2. The van der Waals surface area contributed by atoms with Gasteiger partial charge in [0.2, 0.25) is 5.88 Å². The molecule has 2 aromatic rings. The largest absolute Gasteiger partial charge is 0.496 e. The molecule has 1 aliphatic rings. The Morgan fingerprint density at radius 3 is 2.50 bits per heavy atom. The van der Waals surface area contributed by atoms with E-state index in [1.807, 2.05) is 13.0 Å². The summed E-state index contributed by atoms with van der Waals surface area (Å²) in [5, 5.41) is 21.5. The zero-order valence-corrected chi connectivity index (χ0v) is 13.1. The van der Waals surface area contributed by atoms with Crippen molar-refractivity contribution in [2.75, 3.05) is 27.4 Å². The van der Waals surface area contributed by atoms with Gasteiger partial charge >= 0.3 is 0 Å². The first-order valence-corrected chi connectivity index (χ1v) is 7.37. The SMILES string of the molecule is COc1nc(C)cc2cc3c(c(OC)c12)C(CO)(CO)CC3. The van der Waals surface area contributed by atoms with Crippen molar-refractivity contribution in [2.45, 2.75) is 25.2 Å². The zero-order chi connectivity index (χ0) is 15.9. The summed E-state index contributed by atoms with van der Waals surface area (Å²) in [4.78, 5) is 4.43. The fraction of sp³-hybridized carbons (Fsp3) is 0.471. The van der Waals surface area contributed by atoms with Crippen molar-refractivity contribution in [3.8, 4) is 11.6 Å². The van der Waals surface area contributed by atoms with Gasteiger partial charge in [-0.05, 0) is 36.8 Å². The second-order valence-corrected chi connectivity index (χ2v) is 5.91. The molecular formula is C17H21NO4. The van der Waals surface area contributed by atoms with Gasteiger partial charge in [-0.2, -0.15) is 0 Å². The van der Waals surface area contributed by atoms with E-state index in [0.717, 1.165) is 34.0 Å². The Bertz CT molecular complexity index is 722. The van der Waals surface area contributed by atoms with E-state index in [2.05, 4.69) is 11.1 Å². The molecule has 0 amide bonds. The van der Waals surface area contributed by atoms with Crippen LogP contribution in [0.15, 0.2) is 12.1 Å². The zero-order valence-electron chi connectivity index (χ0n) is 13.1. The van der Waals surface area contributed by atoms with Crippen LogP contribution in [-0.4, -0.2) is 42.6 Å². The van der Waals surface area contributed by atoms with Crippen molar-refractivity contribution in [3.63, 3.8) is 0 Å². The van der Waals surface area contributed by atoms with Crippen molar-refractivity contribution in [1.82, 2.24) is 4.98 Å². The number of benzene rings is 1. The first-order valence-electron chi connectivity index (χ1n) is 7.37. The standard InChI is InChI=1S/C17H21NO4/c1-10-6-12-7-11-4-5-17(8-19,9-20)14(11)15(21-2)13(12)16(18-10)22-3/h6-7,19-20H,4-5,8-9H2,1-3H3. The van der Waals surface area contributed by atoms with Crippen LogP contribution >= 0.6 is 0 Å². The van der Waals surface area contributed by atoms with E-state index < -0.39 is 5.41 Å². The van der Waals surface area contributed by atoms with Gasteiger partial charge < -0.3 is 19.7 Å². The minimum atomic E-state index is -0.662. The number of aliphatic hydroxyl groups excluding tert-OH is 2. The molecule has 5 heteroatoms. The van der Waals surface area contributed by atoms with Crippen LogP contribution in [0.3, 0.4) is 0 Å². The molecule has 0 spiro atoms. The quantitative estimate of drug-likeness (QED) is 0.900. The van der Waals surface area contributed by atoms with Crippen molar-refractivity contribution >= 4 is 10.8 Å². The Morgan fingerprint density at radius 2 is 1.91 bits per heavy atom. The molecule has 1 aromatic carbocycles. The van der Waals surface area contributed by atoms with Gasteiger partial charge in [-0.3, -0.25) is 0 Å². The first kappa shape index (κ1) is 15.1. The van der Waals surface area contributed by atoms with Gasteiger partial charge in [-0.1, -0.05) is 6.07 Å². The van der Waals surface area contributed by atoms with E-state index >= 15 is 0 Å². The van der Waals surface area contributed by atoms with E-state index in [-0.39, 0.29) is 13.2 Å². The molecule has 2 N–H and O–H groups in total. The van der Waals surface area contributed by atoms with Crippen LogP contribution in [0.5, 0.6) is 11.6 Å². The van der Waals surface area contributed by atoms with Crippen LogP contribution in [0, 0.1) is 6.92 Å². The summed E-state index contributed by atoms with van der Waals surface area (Å²) < 4.78 is 11.1. The number of hydrogen-bond donors (Lipinski definition) is 2. The maximum atomic E-state index is 9.86. The van der Waals surface area contributed by atoms with Crippen LogP contribution in [0.2, 0.25) is 0 Å². The molecule has 1 aromatic heterocycles. The Balaban J connectivity index is 2.42. The van der Waals surface area contributed by atoms with Crippen LogP contribution in [-0.2, 0) is 11.8 Å². The van der Waals surface area contributed by atoms with Gasteiger partial charge in [-0.15, -0.1) is 0 Å². The van der Waals surface area contributed by atoms with Gasteiger partial charge in [0.05, 0.1) is 32.8 Å². The van der Waals surface area contributed by atoms with Crippen molar-refractivity contribution in [3.05, 3.63) is 29.0 Å². The number of aliphatic hydroxyl groups is 2. The number of hydrogen-bond acceptors (Lipinski definition) is 5. The molecule has 1 heterocycles. The van der Waals surface area contributed by atoms with E-state index in [0.29, 0.717) is 18.1 Å². The molecule has 0 fully saturated rings. The number of ether oxygens (including phenoxy) is 2. The highest BCUT2D eigenvalue weighted by Crippen LogP contribution is 2.49. The van der Waals surface area contributed by atoms with E-state index in [4.69, 9.17) is 9.47 Å². The molecule has 0 atom stereocenters. The van der Waals surface area contributed by atoms with Crippen LogP contribution in [0.1, 0.15) is 23.2 Å². The number of nitrogens with zero attached hydrogens (tertiary/aromatic N) is 1. The van der Waals surface area contributed by atoms with E-state index in [1.165, 1.54) is 0 Å². The van der Waals surface area contributed by atoms with Crippen LogP contribution in [0.25, 0.3) is 10.8 Å². The van der Waals surface area contributed by atoms with Gasteiger partial charge in [0.1, 0.15) is 5.75 Å². The van der Waals surface area contributed by atoms with Gasteiger partial charge in [0.15, 0.2) is 0 Å². The fourth-order valence-corrected chi connectivity index (χ4v) is 3.54. The van der Waals surface area contributed by atoms with Crippen LogP contribution in [0.4, 0.5) is 0 Å². The topological polar surface area (TPSA) is 71.8 Å². The molecule has 22 heavy (non-hydrogen) atoms. The number of aromatic nitrogens is 1. The molecule has 0 saturated heterocycles. The summed E-state index contributed by atoms with van der Waals surface area (Å²) in [6, 6.07) is 4.09. The van der Waals surface area contributed by atoms with Crippen molar-refractivity contribution < 1.29 is 19.7 Å². The summed E-state index contributed by atoms with van der Waals surface area (Å²) in [6.07, 6.45) is 1.52. The lowest BCUT2D eigenvalue weighted by Gasteiger charge is -2.28. The molecule has 1 aliphatic carbocycles. The van der Waals surface area contributed by atoms with Crippen LogP contribution < -0.4 is 9.47 Å². The maximum absolute atomic E-state index is 9.86. The fourth-order valence-electron chi connectivity index (χ4n) is 3.54. The normalized spacial score (nSPS) is 15.9. The molecule has 118 valence electrons. The highest BCUT2D eigenvalue weighted by Gasteiger charge is 2.41. The third kappa shape index (κ3) is 1.96. The van der Waals surface area contributed by atoms with Gasteiger partial charge in [0, 0.05) is 16.7 Å². The predicted molar refractivity (Wildman–Crippen MR) is 83.8 cm³/mol. The molecule has 0 unspecified atom stereocenters. The minimum Gasteiger partial charge on any atom is -0.496 e. The molecule has 0 aliphatic heterocycles. The first-order chi connectivity index (χ1) is 10.6. The Hall–Kier alpha value is -1.85. The third-order valence-corrected chi connectivity index (χ3v) is 4.66. The average Bonchev–Trinajstić information content (AvgIpc) is 2.90. The van der Waals surface area contributed by atoms with E-state index in [1.54, 1.807) is 14.2 Å². The lowest BCUT2D eigenvalue weighted by atomic mass is 9.82. The number of methoxy groups -OCH3 is 2. The second kappa shape index (κ2) is 5.41. The number of rotatable bonds is 4. The molecule has 0 saturated carbocycles. The monoisotopic (exact) mass is 303 g/mol. The summed E-state index contributed by atoms with van der Waals surface area (Å²) >= 11 is 0. The minimum absolute atomic E-state index is 0.111. The average molecular weight is 303 g/mol. The third-order valence-electron chi connectivity index (χ3n) is 4.66. The number of fused-ring (bicyclic) bond motifs is 2. The summed E-state index contributed by atoms with van der Waals surface area (Å²) in [5.41, 5.74) is 2.21. The highest BCUT2D eigenvalue weighted by atomic mass is 16.5. The summed E-state index contributed by atoms with van der Waals surface area (Å²) in [6.45, 7) is 1.70. The Labute approximate surface area is 129 Å². The Morgan fingerprint density at radius 1 is 1.18 bits per heavy atom. The van der Waals surface area contributed by atoms with Gasteiger partial charge in [0.25, 0.3) is 0 Å². The molecule has 0 bridgehead atoms. The Kier molecular flexibility index (Phi) is 3.70. The molecule has 0 radical (unpaired) electrons. The number of pyridine rings is 1. The molecule has 5 nitrogen and oxygen atoms in total. The molecular weight excluding hydrogens is 282 g/mol. The van der Waals surface area contributed by atoms with Crippen molar-refractivity contribution in [1.29, 1.82) is 0 Å². The van der Waals surface area contributed by atoms with Gasteiger partial charge in [-0.25, -0.2) is 4.98 Å². The highest BCUT2D eigenvalue weighted by molar-refractivity contribution is 5.95.